The molecule has 1 atom stereocenters. The second-order valence-corrected chi connectivity index (χ2v) is 7.09. The van der Waals surface area contributed by atoms with Crippen LogP contribution in [0.2, 0.25) is 0 Å². The van der Waals surface area contributed by atoms with Crippen LogP contribution >= 0.6 is 0 Å². The van der Waals surface area contributed by atoms with Crippen molar-refractivity contribution in [2.24, 2.45) is 29.6 Å². The lowest BCUT2D eigenvalue weighted by Gasteiger charge is -2.53. The zero-order valence-corrected chi connectivity index (χ0v) is 12.8. The first-order valence-corrected chi connectivity index (χ1v) is 7.98. The van der Waals surface area contributed by atoms with E-state index in [2.05, 4.69) is 5.32 Å². The SMILES string of the molecule is COC(OC)C(C)NC(=O)C1C2CC3CC(C2)CC1C3. The molecule has 0 aromatic carbocycles. The quantitative estimate of drug-likeness (QED) is 0.786. The highest BCUT2D eigenvalue weighted by molar-refractivity contribution is 5.80. The maximum absolute atomic E-state index is 12.7. The van der Waals surface area contributed by atoms with Crippen molar-refractivity contribution in [3.8, 4) is 0 Å². The Hall–Kier alpha value is -0.610. The third kappa shape index (κ3) is 2.48. The molecule has 0 aliphatic heterocycles. The fourth-order valence-corrected chi connectivity index (χ4v) is 5.25. The highest BCUT2D eigenvalue weighted by Crippen LogP contribution is 2.56. The monoisotopic (exact) mass is 281 g/mol. The second kappa shape index (κ2) is 5.64. The summed E-state index contributed by atoms with van der Waals surface area (Å²) < 4.78 is 10.5. The van der Waals surface area contributed by atoms with Gasteiger partial charge in [0.25, 0.3) is 0 Å². The molecule has 4 aliphatic rings. The number of amides is 1. The Morgan fingerprint density at radius 3 is 1.95 bits per heavy atom. The Balaban J connectivity index is 1.63. The molecule has 1 amide bonds. The molecule has 0 aromatic rings. The zero-order chi connectivity index (χ0) is 14.3. The number of carbonyl (C=O) groups excluding carboxylic acids is 1. The minimum absolute atomic E-state index is 0.102. The predicted molar refractivity (Wildman–Crippen MR) is 75.9 cm³/mol. The van der Waals surface area contributed by atoms with E-state index in [4.69, 9.17) is 9.47 Å². The molecule has 4 aliphatic carbocycles. The Kier molecular flexibility index (Phi) is 4.04. The van der Waals surface area contributed by atoms with E-state index in [9.17, 15) is 4.79 Å². The lowest BCUT2D eigenvalue weighted by atomic mass is 9.51. The van der Waals surface area contributed by atoms with Crippen LogP contribution < -0.4 is 5.32 Å². The third-order valence-electron chi connectivity index (χ3n) is 5.77. The zero-order valence-electron chi connectivity index (χ0n) is 12.8. The van der Waals surface area contributed by atoms with Gasteiger partial charge in [-0.2, -0.15) is 0 Å². The molecule has 20 heavy (non-hydrogen) atoms. The molecule has 4 heteroatoms. The molecule has 4 saturated carbocycles. The van der Waals surface area contributed by atoms with Crippen molar-refractivity contribution in [2.75, 3.05) is 14.2 Å². The minimum atomic E-state index is -0.365. The summed E-state index contributed by atoms with van der Waals surface area (Å²) in [7, 11) is 3.22. The highest BCUT2D eigenvalue weighted by Gasteiger charge is 2.50. The summed E-state index contributed by atoms with van der Waals surface area (Å²) in [5.74, 6) is 3.53. The maximum Gasteiger partial charge on any atom is 0.224 e. The molecular weight excluding hydrogens is 254 g/mol. The van der Waals surface area contributed by atoms with Crippen LogP contribution in [0.15, 0.2) is 0 Å². The Morgan fingerprint density at radius 2 is 1.50 bits per heavy atom. The van der Waals surface area contributed by atoms with E-state index < -0.39 is 0 Å². The molecule has 4 bridgehead atoms. The van der Waals surface area contributed by atoms with Crippen LogP contribution in [0.25, 0.3) is 0 Å². The molecule has 1 unspecified atom stereocenters. The van der Waals surface area contributed by atoms with Gasteiger partial charge in [-0.3, -0.25) is 4.79 Å². The van der Waals surface area contributed by atoms with E-state index in [-0.39, 0.29) is 24.2 Å². The highest BCUT2D eigenvalue weighted by atomic mass is 16.7. The lowest BCUT2D eigenvalue weighted by molar-refractivity contribution is -0.148. The number of hydrogen-bond donors (Lipinski definition) is 1. The van der Waals surface area contributed by atoms with Gasteiger partial charge in [0, 0.05) is 20.1 Å². The first kappa shape index (κ1) is 14.3. The molecule has 114 valence electrons. The smallest absolute Gasteiger partial charge is 0.224 e. The number of carbonyl (C=O) groups is 1. The number of ether oxygens (including phenoxy) is 2. The summed E-state index contributed by atoms with van der Waals surface area (Å²) in [5, 5.41) is 3.12. The van der Waals surface area contributed by atoms with Crippen molar-refractivity contribution in [3.63, 3.8) is 0 Å². The summed E-state index contributed by atoms with van der Waals surface area (Å²) >= 11 is 0. The number of rotatable bonds is 5. The molecule has 4 fully saturated rings. The van der Waals surface area contributed by atoms with Crippen molar-refractivity contribution in [1.29, 1.82) is 0 Å². The van der Waals surface area contributed by atoms with Gasteiger partial charge in [0.2, 0.25) is 5.91 Å². The molecule has 0 saturated heterocycles. The topological polar surface area (TPSA) is 47.6 Å². The van der Waals surface area contributed by atoms with Crippen LogP contribution in [0, 0.1) is 29.6 Å². The molecular formula is C16H27NO3. The summed E-state index contributed by atoms with van der Waals surface area (Å²) in [5.41, 5.74) is 0. The van der Waals surface area contributed by atoms with Gasteiger partial charge in [0.1, 0.15) is 0 Å². The number of hydrogen-bond acceptors (Lipinski definition) is 3. The van der Waals surface area contributed by atoms with E-state index in [1.165, 1.54) is 32.1 Å². The molecule has 0 radical (unpaired) electrons. The molecule has 0 heterocycles. The summed E-state index contributed by atoms with van der Waals surface area (Å²) in [6, 6.07) is -0.102. The van der Waals surface area contributed by atoms with Gasteiger partial charge < -0.3 is 14.8 Å². The average molecular weight is 281 g/mol. The van der Waals surface area contributed by atoms with E-state index in [1.54, 1.807) is 14.2 Å². The van der Waals surface area contributed by atoms with Crippen LogP contribution in [0.3, 0.4) is 0 Å². The standard InChI is InChI=1S/C16H27NO3/c1-9(16(19-2)20-3)17-15(18)14-12-5-10-4-11(7-12)8-13(14)6-10/h9-14,16H,4-8H2,1-3H3,(H,17,18). The number of methoxy groups -OCH3 is 2. The van der Waals surface area contributed by atoms with Crippen LogP contribution in [0.1, 0.15) is 39.0 Å². The van der Waals surface area contributed by atoms with Gasteiger partial charge in [0.15, 0.2) is 6.29 Å². The van der Waals surface area contributed by atoms with Crippen molar-refractivity contribution >= 4 is 5.91 Å². The summed E-state index contributed by atoms with van der Waals surface area (Å²) in [6.45, 7) is 1.95. The van der Waals surface area contributed by atoms with E-state index in [0.717, 1.165) is 11.8 Å². The van der Waals surface area contributed by atoms with Gasteiger partial charge in [0.05, 0.1) is 6.04 Å². The van der Waals surface area contributed by atoms with Crippen LogP contribution in [-0.2, 0) is 14.3 Å². The first-order chi connectivity index (χ1) is 9.62. The molecule has 0 aromatic heterocycles. The fourth-order valence-electron chi connectivity index (χ4n) is 5.25. The van der Waals surface area contributed by atoms with Gasteiger partial charge >= 0.3 is 0 Å². The molecule has 4 nitrogen and oxygen atoms in total. The minimum Gasteiger partial charge on any atom is -0.354 e. The van der Waals surface area contributed by atoms with Crippen LogP contribution in [-0.4, -0.2) is 32.5 Å². The fraction of sp³-hybridized carbons (Fsp3) is 0.938. The number of nitrogens with one attached hydrogen (secondary N) is 1. The Bertz CT molecular complexity index is 339. The third-order valence-corrected chi connectivity index (χ3v) is 5.77. The lowest BCUT2D eigenvalue weighted by Crippen LogP contribution is -2.54. The Morgan fingerprint density at radius 1 is 1.00 bits per heavy atom. The van der Waals surface area contributed by atoms with Crippen molar-refractivity contribution in [3.05, 3.63) is 0 Å². The maximum atomic E-state index is 12.7. The largest absolute Gasteiger partial charge is 0.354 e. The van der Waals surface area contributed by atoms with Gasteiger partial charge in [-0.15, -0.1) is 0 Å². The molecule has 4 rings (SSSR count). The van der Waals surface area contributed by atoms with Gasteiger partial charge in [-0.05, 0) is 62.7 Å². The van der Waals surface area contributed by atoms with E-state index >= 15 is 0 Å². The second-order valence-electron chi connectivity index (χ2n) is 7.09. The van der Waals surface area contributed by atoms with Gasteiger partial charge in [-0.1, -0.05) is 0 Å². The van der Waals surface area contributed by atoms with Crippen LogP contribution in [0.4, 0.5) is 0 Å². The molecule has 0 spiro atoms. The normalized spacial score (nSPS) is 40.1. The first-order valence-electron chi connectivity index (χ1n) is 7.98. The summed E-state index contributed by atoms with van der Waals surface area (Å²) in [6.07, 6.45) is 6.16. The predicted octanol–water partition coefficient (Wildman–Crippen LogP) is 2.18. The molecule has 1 N–H and O–H groups in total. The summed E-state index contributed by atoms with van der Waals surface area (Å²) in [4.78, 5) is 12.7. The average Bonchev–Trinajstić information content (AvgIpc) is 2.38. The van der Waals surface area contributed by atoms with E-state index in [1.807, 2.05) is 6.92 Å². The van der Waals surface area contributed by atoms with Crippen molar-refractivity contribution < 1.29 is 14.3 Å². The van der Waals surface area contributed by atoms with Gasteiger partial charge in [-0.25, -0.2) is 0 Å². The van der Waals surface area contributed by atoms with Crippen molar-refractivity contribution in [1.82, 2.24) is 5.32 Å². The van der Waals surface area contributed by atoms with E-state index in [0.29, 0.717) is 11.8 Å². The van der Waals surface area contributed by atoms with Crippen LogP contribution in [0.5, 0.6) is 0 Å². The van der Waals surface area contributed by atoms with Crippen molar-refractivity contribution in [2.45, 2.75) is 51.4 Å². The Labute approximate surface area is 121 Å².